The molecule has 0 radical (unpaired) electrons. The maximum atomic E-state index is 2.46. The van der Waals surface area contributed by atoms with E-state index in [4.69, 9.17) is 0 Å². The summed E-state index contributed by atoms with van der Waals surface area (Å²) >= 11 is 0. The van der Waals surface area contributed by atoms with E-state index >= 15 is 0 Å². The third kappa shape index (κ3) is 5.86. The molecule has 0 aliphatic heterocycles. The van der Waals surface area contributed by atoms with Crippen LogP contribution < -0.4 is 0 Å². The van der Waals surface area contributed by atoms with Gasteiger partial charge in [0.2, 0.25) is 0 Å². The van der Waals surface area contributed by atoms with Gasteiger partial charge < -0.3 is 0 Å². The van der Waals surface area contributed by atoms with E-state index in [-0.39, 0.29) is 0 Å². The van der Waals surface area contributed by atoms with Crippen molar-refractivity contribution < 1.29 is 0 Å². The molecule has 144 valence electrons. The molecule has 0 saturated carbocycles. The molecule has 3 atom stereocenters. The van der Waals surface area contributed by atoms with Gasteiger partial charge in [0.05, 0.1) is 0 Å². The molecule has 0 aliphatic rings. The van der Waals surface area contributed by atoms with E-state index in [1.165, 1.54) is 16.7 Å². The second-order valence-corrected chi connectivity index (χ2v) is 8.58. The number of hydrogen-bond donors (Lipinski definition) is 0. The molecule has 3 rings (SSSR count). The van der Waals surface area contributed by atoms with Crippen LogP contribution >= 0.6 is 0 Å². The van der Waals surface area contributed by atoms with E-state index in [0.29, 0.717) is 24.2 Å². The first-order chi connectivity index (χ1) is 13.6. The summed E-state index contributed by atoms with van der Waals surface area (Å²) in [5, 5.41) is 0. The smallest absolute Gasteiger partial charge is 0.0687 e. The number of benzene rings is 3. The summed E-state index contributed by atoms with van der Waals surface area (Å²) in [4.78, 5) is 0. The molecule has 0 fully saturated rings. The van der Waals surface area contributed by atoms with E-state index in [9.17, 15) is 0 Å². The molecule has 0 aromatic heterocycles. The lowest BCUT2D eigenvalue weighted by molar-refractivity contribution is 0.747. The molecule has 3 aromatic rings. The molecule has 0 spiro atoms. The third-order valence-corrected chi connectivity index (χ3v) is 6.17. The van der Waals surface area contributed by atoms with Gasteiger partial charge in [0.15, 0.2) is 0 Å². The van der Waals surface area contributed by atoms with Crippen molar-refractivity contribution in [3.8, 4) is 0 Å². The summed E-state index contributed by atoms with van der Waals surface area (Å²) < 4.78 is 0. The van der Waals surface area contributed by atoms with Crippen molar-refractivity contribution in [2.24, 2.45) is 0 Å². The van der Waals surface area contributed by atoms with Gasteiger partial charge in [0.25, 0.3) is 0 Å². The van der Waals surface area contributed by atoms with Crippen molar-refractivity contribution in [1.82, 2.24) is 0 Å². The summed E-state index contributed by atoms with van der Waals surface area (Å²) in [6, 6.07) is 33.0. The van der Waals surface area contributed by atoms with Crippen LogP contribution in [0.1, 0.15) is 37.5 Å². The number of rotatable bonds is 9. The van der Waals surface area contributed by atoms with Crippen LogP contribution in [0.4, 0.5) is 0 Å². The molecule has 0 saturated heterocycles. The Hall–Kier alpha value is -2.28. The Morgan fingerprint density at radius 3 is 0.964 bits per heavy atom. The van der Waals surface area contributed by atoms with E-state index in [0.717, 1.165) is 19.3 Å². The highest BCUT2D eigenvalue weighted by molar-refractivity contribution is 6.63. The lowest BCUT2D eigenvalue weighted by Gasteiger charge is -2.32. The second kappa shape index (κ2) is 10.3. The van der Waals surface area contributed by atoms with E-state index in [2.05, 4.69) is 112 Å². The lowest BCUT2D eigenvalue weighted by Crippen LogP contribution is -2.32. The summed E-state index contributed by atoms with van der Waals surface area (Å²) in [6.45, 7) is 8.06. The van der Waals surface area contributed by atoms with Gasteiger partial charge in [0.1, 0.15) is 6.71 Å². The molecule has 0 aliphatic carbocycles. The summed E-state index contributed by atoms with van der Waals surface area (Å²) in [5.41, 5.74) is 4.37. The standard InChI is InChI=1S/C27H33B/c1-22(19-25-13-7-4-8-14-25)28(23(2)20-26-15-9-5-10-16-26)24(3)21-27-17-11-6-12-18-27/h4-18,22-24H,19-21H2,1-3H3. The zero-order chi connectivity index (χ0) is 19.8. The van der Waals surface area contributed by atoms with Gasteiger partial charge in [-0.1, -0.05) is 129 Å². The first-order valence-corrected chi connectivity index (χ1v) is 10.7. The van der Waals surface area contributed by atoms with E-state index in [1.807, 2.05) is 0 Å². The molecule has 3 unspecified atom stereocenters. The van der Waals surface area contributed by atoms with Crippen LogP contribution in [0.3, 0.4) is 0 Å². The minimum atomic E-state index is 0.653. The van der Waals surface area contributed by atoms with Crippen molar-refractivity contribution in [3.63, 3.8) is 0 Å². The minimum Gasteiger partial charge on any atom is -0.0687 e. The van der Waals surface area contributed by atoms with Crippen LogP contribution in [0.25, 0.3) is 0 Å². The third-order valence-electron chi connectivity index (χ3n) is 6.17. The van der Waals surface area contributed by atoms with Crippen molar-refractivity contribution in [2.75, 3.05) is 0 Å². The maximum Gasteiger partial charge on any atom is 0.149 e. The van der Waals surface area contributed by atoms with Gasteiger partial charge in [-0.2, -0.15) is 0 Å². The summed E-state index contributed by atoms with van der Waals surface area (Å²) in [7, 11) is 0. The Morgan fingerprint density at radius 2 is 0.714 bits per heavy atom. The Morgan fingerprint density at radius 1 is 0.464 bits per heavy atom. The Kier molecular flexibility index (Phi) is 7.54. The first kappa shape index (κ1) is 20.5. The largest absolute Gasteiger partial charge is 0.149 e. The normalized spacial score (nSPS) is 14.2. The highest BCUT2D eigenvalue weighted by Gasteiger charge is 2.32. The molecule has 3 aromatic carbocycles. The lowest BCUT2D eigenvalue weighted by atomic mass is 9.27. The quantitative estimate of drug-likeness (QED) is 0.346. The second-order valence-electron chi connectivity index (χ2n) is 8.58. The predicted octanol–water partition coefficient (Wildman–Crippen LogP) is 7.38. The average molecular weight is 368 g/mol. The van der Waals surface area contributed by atoms with Crippen LogP contribution in [0.15, 0.2) is 91.0 Å². The molecule has 1 heteroatoms. The Balaban J connectivity index is 1.77. The van der Waals surface area contributed by atoms with Crippen molar-refractivity contribution in [1.29, 1.82) is 0 Å². The Labute approximate surface area is 172 Å². The average Bonchev–Trinajstić information content (AvgIpc) is 2.70. The van der Waals surface area contributed by atoms with Crippen LogP contribution in [0.5, 0.6) is 0 Å². The van der Waals surface area contributed by atoms with Gasteiger partial charge >= 0.3 is 0 Å². The Bertz CT molecular complexity index is 685. The van der Waals surface area contributed by atoms with Crippen LogP contribution in [0.2, 0.25) is 17.5 Å². The molecule has 0 heterocycles. The molecule has 0 N–H and O–H groups in total. The highest BCUT2D eigenvalue weighted by Crippen LogP contribution is 2.36. The van der Waals surface area contributed by atoms with E-state index in [1.54, 1.807) is 0 Å². The van der Waals surface area contributed by atoms with Gasteiger partial charge in [-0.15, -0.1) is 0 Å². The van der Waals surface area contributed by atoms with Crippen molar-refractivity contribution >= 4 is 6.71 Å². The molecule has 0 nitrogen and oxygen atoms in total. The fourth-order valence-corrected chi connectivity index (χ4v) is 5.05. The van der Waals surface area contributed by atoms with Crippen LogP contribution in [-0.4, -0.2) is 6.71 Å². The monoisotopic (exact) mass is 368 g/mol. The number of hydrogen-bond acceptors (Lipinski definition) is 0. The van der Waals surface area contributed by atoms with Gasteiger partial charge in [-0.25, -0.2) is 0 Å². The maximum absolute atomic E-state index is 2.46. The molecule has 28 heavy (non-hydrogen) atoms. The molecular formula is C27H33B. The fraction of sp³-hybridized carbons (Fsp3) is 0.333. The first-order valence-electron chi connectivity index (χ1n) is 10.7. The van der Waals surface area contributed by atoms with Gasteiger partial charge in [-0.05, 0) is 36.0 Å². The zero-order valence-corrected chi connectivity index (χ0v) is 17.6. The van der Waals surface area contributed by atoms with Crippen LogP contribution in [-0.2, 0) is 19.3 Å². The van der Waals surface area contributed by atoms with Crippen molar-refractivity contribution in [2.45, 2.75) is 57.5 Å². The van der Waals surface area contributed by atoms with E-state index < -0.39 is 0 Å². The summed E-state index contributed by atoms with van der Waals surface area (Å²) in [6.07, 6.45) is 3.47. The molecule has 0 bridgehead atoms. The SMILES string of the molecule is CC(Cc1ccccc1)B(C(C)Cc1ccccc1)C(C)Cc1ccccc1. The summed E-state index contributed by atoms with van der Waals surface area (Å²) in [5.74, 6) is 1.96. The van der Waals surface area contributed by atoms with Crippen molar-refractivity contribution in [3.05, 3.63) is 108 Å². The molecular weight excluding hydrogens is 335 g/mol. The minimum absolute atomic E-state index is 0.653. The van der Waals surface area contributed by atoms with Gasteiger partial charge in [-0.3, -0.25) is 0 Å². The fourth-order valence-electron chi connectivity index (χ4n) is 5.05. The molecule has 0 amide bonds. The predicted molar refractivity (Wildman–Crippen MR) is 124 cm³/mol. The topological polar surface area (TPSA) is 0 Å². The van der Waals surface area contributed by atoms with Crippen LogP contribution in [0, 0.1) is 0 Å². The zero-order valence-electron chi connectivity index (χ0n) is 17.6. The highest BCUT2D eigenvalue weighted by atomic mass is 14.1. The van der Waals surface area contributed by atoms with Gasteiger partial charge in [0, 0.05) is 0 Å².